The second kappa shape index (κ2) is 8.60. The van der Waals surface area contributed by atoms with Gasteiger partial charge in [0.15, 0.2) is 0 Å². The number of rotatable bonds is 6. The first-order valence-corrected chi connectivity index (χ1v) is 10.4. The summed E-state index contributed by atoms with van der Waals surface area (Å²) in [4.78, 5) is 0. The predicted octanol–water partition coefficient (Wildman–Crippen LogP) is 7.20. The first-order valence-electron chi connectivity index (χ1n) is 10.4. The summed E-state index contributed by atoms with van der Waals surface area (Å²) < 4.78 is 41.8. The smallest absolute Gasteiger partial charge is 0.347 e. The molecule has 0 bridgehead atoms. The average molecular weight is 422 g/mol. The molecule has 0 aliphatic heterocycles. The van der Waals surface area contributed by atoms with Crippen molar-refractivity contribution < 1.29 is 13.2 Å². The van der Waals surface area contributed by atoms with Gasteiger partial charge in [0.05, 0.1) is 5.56 Å². The molecule has 0 amide bonds. The largest absolute Gasteiger partial charge is 0.416 e. The molecule has 0 saturated carbocycles. The normalized spacial score (nSPS) is 12.9. The Morgan fingerprint density at radius 3 is 2.42 bits per heavy atom. The molecule has 4 aromatic rings. The van der Waals surface area contributed by atoms with Gasteiger partial charge in [-0.15, -0.1) is 0 Å². The van der Waals surface area contributed by atoms with Crippen LogP contribution in [-0.2, 0) is 19.3 Å². The Morgan fingerprint density at radius 1 is 0.935 bits per heavy atom. The van der Waals surface area contributed by atoms with Crippen molar-refractivity contribution in [3.8, 4) is 11.1 Å². The van der Waals surface area contributed by atoms with E-state index in [1.165, 1.54) is 17.7 Å². The maximum atomic E-state index is 13.2. The number of nitrogens with zero attached hydrogens (tertiary/aromatic N) is 1. The highest BCUT2D eigenvalue weighted by Gasteiger charge is 2.30. The zero-order chi connectivity index (χ0) is 22.0. The van der Waals surface area contributed by atoms with Crippen molar-refractivity contribution in [2.24, 2.45) is 0 Å². The maximum Gasteiger partial charge on any atom is 0.416 e. The predicted molar refractivity (Wildman–Crippen MR) is 120 cm³/mol. The summed E-state index contributed by atoms with van der Waals surface area (Å²) in [5, 5.41) is 4.50. The van der Waals surface area contributed by atoms with Crippen LogP contribution in [0.1, 0.15) is 36.6 Å². The van der Waals surface area contributed by atoms with Crippen molar-refractivity contribution in [2.45, 2.75) is 39.2 Å². The highest BCUT2D eigenvalue weighted by Crippen LogP contribution is 2.36. The molecule has 0 fully saturated rings. The van der Waals surface area contributed by atoms with E-state index in [1.807, 2.05) is 31.3 Å². The summed E-state index contributed by atoms with van der Waals surface area (Å²) in [6.07, 6.45) is -2.41. The molecule has 0 aliphatic carbocycles. The zero-order valence-corrected chi connectivity index (χ0v) is 17.6. The van der Waals surface area contributed by atoms with Gasteiger partial charge in [-0.05, 0) is 54.8 Å². The highest BCUT2D eigenvalue weighted by atomic mass is 19.4. The Kier molecular flexibility index (Phi) is 5.88. The Hall–Kier alpha value is -3.05. The number of halogens is 3. The van der Waals surface area contributed by atoms with E-state index in [2.05, 4.69) is 47.1 Å². The second-order valence-corrected chi connectivity index (χ2v) is 7.77. The number of benzene rings is 3. The molecule has 0 aliphatic rings. The fourth-order valence-corrected chi connectivity index (χ4v) is 3.94. The molecule has 4 rings (SSSR count). The number of alkyl halides is 3. The molecule has 3 aromatic carbocycles. The number of aryl methyl sites for hydroxylation is 1. The topological polar surface area (TPSA) is 17.0 Å². The molecule has 0 spiro atoms. The van der Waals surface area contributed by atoms with Crippen molar-refractivity contribution in [1.29, 1.82) is 0 Å². The molecule has 1 atom stereocenters. The van der Waals surface area contributed by atoms with Crippen molar-refractivity contribution in [3.63, 3.8) is 0 Å². The second-order valence-electron chi connectivity index (χ2n) is 7.77. The van der Waals surface area contributed by atoms with Crippen LogP contribution in [0.15, 0.2) is 79.0 Å². The third kappa shape index (κ3) is 4.52. The minimum absolute atomic E-state index is 0.195. The third-order valence-electron chi connectivity index (χ3n) is 5.70. The first kappa shape index (κ1) is 21.2. The molecule has 1 aromatic heterocycles. The Morgan fingerprint density at radius 2 is 1.71 bits per heavy atom. The van der Waals surface area contributed by atoms with Crippen LogP contribution < -0.4 is 5.32 Å². The van der Waals surface area contributed by atoms with Crippen molar-refractivity contribution in [1.82, 2.24) is 9.88 Å². The van der Waals surface area contributed by atoms with Crippen LogP contribution >= 0.6 is 0 Å². The standard InChI is InChI=1S/C26H25F3N2/c1-3-31-17-24(21-10-7-11-22(15-21)26(27,28)29)23-14-19(12-13-25(23)31)16-30-18(2)20-8-5-4-6-9-20/h4-15,17-18,30H,3,16H2,1-2H3. The molecule has 31 heavy (non-hydrogen) atoms. The summed E-state index contributed by atoms with van der Waals surface area (Å²) in [7, 11) is 0. The number of fused-ring (bicyclic) bond motifs is 1. The van der Waals surface area contributed by atoms with Gasteiger partial charge in [-0.25, -0.2) is 0 Å². The fraction of sp³-hybridized carbons (Fsp3) is 0.231. The Labute approximate surface area is 180 Å². The van der Waals surface area contributed by atoms with Crippen LogP contribution in [0.4, 0.5) is 13.2 Å². The molecule has 160 valence electrons. The molecular weight excluding hydrogens is 397 g/mol. The molecule has 1 unspecified atom stereocenters. The van der Waals surface area contributed by atoms with Gasteiger partial charge in [-0.1, -0.05) is 48.5 Å². The van der Waals surface area contributed by atoms with E-state index in [1.54, 1.807) is 6.07 Å². The lowest BCUT2D eigenvalue weighted by molar-refractivity contribution is -0.137. The minimum Gasteiger partial charge on any atom is -0.347 e. The van der Waals surface area contributed by atoms with Crippen LogP contribution in [-0.4, -0.2) is 4.57 Å². The molecule has 1 N–H and O–H groups in total. The van der Waals surface area contributed by atoms with Gasteiger partial charge in [-0.3, -0.25) is 0 Å². The van der Waals surface area contributed by atoms with Gasteiger partial charge in [0.2, 0.25) is 0 Å². The number of hydrogen-bond acceptors (Lipinski definition) is 1. The lowest BCUT2D eigenvalue weighted by atomic mass is 10.0. The SMILES string of the molecule is CCn1cc(-c2cccc(C(F)(F)F)c2)c2cc(CNC(C)c3ccccc3)ccc21. The van der Waals surface area contributed by atoms with E-state index in [4.69, 9.17) is 0 Å². The number of aromatic nitrogens is 1. The van der Waals surface area contributed by atoms with Gasteiger partial charge in [0.1, 0.15) is 0 Å². The van der Waals surface area contributed by atoms with Gasteiger partial charge in [0, 0.05) is 41.8 Å². The highest BCUT2D eigenvalue weighted by molar-refractivity contribution is 5.96. The van der Waals surface area contributed by atoms with Crippen molar-refractivity contribution in [2.75, 3.05) is 0 Å². The third-order valence-corrected chi connectivity index (χ3v) is 5.70. The molecule has 2 nitrogen and oxygen atoms in total. The summed E-state index contributed by atoms with van der Waals surface area (Å²) in [5.74, 6) is 0. The summed E-state index contributed by atoms with van der Waals surface area (Å²) in [5.41, 5.74) is 4.10. The lowest BCUT2D eigenvalue weighted by Crippen LogP contribution is -2.17. The average Bonchev–Trinajstić information content (AvgIpc) is 3.15. The molecule has 1 heterocycles. The molecular formula is C26H25F3N2. The Bertz CT molecular complexity index is 1180. The maximum absolute atomic E-state index is 13.2. The number of nitrogens with one attached hydrogen (secondary N) is 1. The molecule has 0 radical (unpaired) electrons. The zero-order valence-electron chi connectivity index (χ0n) is 17.6. The minimum atomic E-state index is -4.36. The van der Waals surface area contributed by atoms with Crippen LogP contribution in [0.2, 0.25) is 0 Å². The fourth-order valence-electron chi connectivity index (χ4n) is 3.94. The van der Waals surface area contributed by atoms with Crippen LogP contribution in [0.5, 0.6) is 0 Å². The lowest BCUT2D eigenvalue weighted by Gasteiger charge is -2.14. The van der Waals surface area contributed by atoms with Crippen LogP contribution in [0.25, 0.3) is 22.0 Å². The van der Waals surface area contributed by atoms with Gasteiger partial charge >= 0.3 is 6.18 Å². The van der Waals surface area contributed by atoms with E-state index in [9.17, 15) is 13.2 Å². The quantitative estimate of drug-likeness (QED) is 0.348. The van der Waals surface area contributed by atoms with Gasteiger partial charge in [-0.2, -0.15) is 13.2 Å². The van der Waals surface area contributed by atoms with E-state index < -0.39 is 11.7 Å². The van der Waals surface area contributed by atoms with Crippen molar-refractivity contribution in [3.05, 3.63) is 95.7 Å². The van der Waals surface area contributed by atoms with Crippen LogP contribution in [0, 0.1) is 0 Å². The van der Waals surface area contributed by atoms with E-state index in [0.717, 1.165) is 34.6 Å². The van der Waals surface area contributed by atoms with Crippen molar-refractivity contribution >= 4 is 10.9 Å². The van der Waals surface area contributed by atoms with Gasteiger partial charge < -0.3 is 9.88 Å². The summed E-state index contributed by atoms with van der Waals surface area (Å²) in [6, 6.07) is 22.2. The van der Waals surface area contributed by atoms with Gasteiger partial charge in [0.25, 0.3) is 0 Å². The summed E-state index contributed by atoms with van der Waals surface area (Å²) in [6.45, 7) is 5.57. The summed E-state index contributed by atoms with van der Waals surface area (Å²) >= 11 is 0. The Balaban J connectivity index is 1.67. The first-order chi connectivity index (χ1) is 14.9. The van der Waals surface area contributed by atoms with E-state index in [-0.39, 0.29) is 6.04 Å². The monoisotopic (exact) mass is 422 g/mol. The molecule has 0 saturated heterocycles. The molecule has 5 heteroatoms. The van der Waals surface area contributed by atoms with Crippen LogP contribution in [0.3, 0.4) is 0 Å². The number of hydrogen-bond donors (Lipinski definition) is 1. The van der Waals surface area contributed by atoms with E-state index in [0.29, 0.717) is 12.1 Å². The van der Waals surface area contributed by atoms with E-state index >= 15 is 0 Å².